The highest BCUT2D eigenvalue weighted by Crippen LogP contribution is 2.31. The van der Waals surface area contributed by atoms with Crippen LogP contribution in [0.2, 0.25) is 0 Å². The second-order valence-electron chi connectivity index (χ2n) is 8.59. The molecule has 0 radical (unpaired) electrons. The van der Waals surface area contributed by atoms with Crippen molar-refractivity contribution >= 4 is 29.9 Å². The van der Waals surface area contributed by atoms with Crippen LogP contribution in [0, 0.1) is 18.8 Å². The lowest BCUT2D eigenvalue weighted by molar-refractivity contribution is 0.113. The smallest absolute Gasteiger partial charge is 0.192 e. The monoisotopic (exact) mass is 518 g/mol. The lowest BCUT2D eigenvalue weighted by Crippen LogP contribution is -2.48. The average molecular weight is 518 g/mol. The summed E-state index contributed by atoms with van der Waals surface area (Å²) >= 11 is 0. The summed E-state index contributed by atoms with van der Waals surface area (Å²) in [6.45, 7) is 8.83. The fraction of sp³-hybridized carbons (Fsp3) is 0.857. The Labute approximate surface area is 192 Å². The molecule has 8 heteroatoms. The molecular weight excluding hydrogens is 479 g/mol. The van der Waals surface area contributed by atoms with Gasteiger partial charge >= 0.3 is 0 Å². The van der Waals surface area contributed by atoms with Crippen molar-refractivity contribution in [2.45, 2.75) is 84.4 Å². The van der Waals surface area contributed by atoms with E-state index in [4.69, 9.17) is 9.73 Å². The zero-order valence-electron chi connectivity index (χ0n) is 18.5. The molecule has 0 bridgehead atoms. The lowest BCUT2D eigenvalue weighted by atomic mass is 9.78. The Morgan fingerprint density at radius 1 is 1.17 bits per heavy atom. The lowest BCUT2D eigenvalue weighted by Gasteiger charge is -2.33. The van der Waals surface area contributed by atoms with E-state index in [1.165, 1.54) is 32.1 Å². The van der Waals surface area contributed by atoms with Crippen molar-refractivity contribution in [2.24, 2.45) is 23.9 Å². The molecule has 3 rings (SSSR count). The van der Waals surface area contributed by atoms with E-state index in [2.05, 4.69) is 34.7 Å². The minimum Gasteiger partial charge on any atom is -0.376 e. The first-order valence-corrected chi connectivity index (χ1v) is 11.1. The van der Waals surface area contributed by atoms with Crippen molar-refractivity contribution in [3.05, 3.63) is 11.6 Å². The van der Waals surface area contributed by atoms with Gasteiger partial charge in [0.15, 0.2) is 11.8 Å². The Morgan fingerprint density at radius 2 is 1.93 bits per heavy atom. The number of aryl methyl sites for hydroxylation is 1. The molecule has 29 heavy (non-hydrogen) atoms. The number of guanidine groups is 1. The predicted molar refractivity (Wildman–Crippen MR) is 128 cm³/mol. The number of rotatable bonds is 7. The van der Waals surface area contributed by atoms with Gasteiger partial charge < -0.3 is 19.9 Å². The van der Waals surface area contributed by atoms with Crippen LogP contribution in [-0.4, -0.2) is 46.0 Å². The number of nitrogens with one attached hydrogen (secondary N) is 2. The van der Waals surface area contributed by atoms with Crippen molar-refractivity contribution in [3.63, 3.8) is 0 Å². The summed E-state index contributed by atoms with van der Waals surface area (Å²) in [4.78, 5) is 4.81. The third-order valence-corrected chi connectivity index (χ3v) is 6.63. The van der Waals surface area contributed by atoms with E-state index in [0.29, 0.717) is 18.5 Å². The van der Waals surface area contributed by atoms with E-state index in [9.17, 15) is 0 Å². The number of ether oxygens (including phenoxy) is 1. The van der Waals surface area contributed by atoms with Gasteiger partial charge in [-0.15, -0.1) is 34.2 Å². The Morgan fingerprint density at radius 3 is 2.55 bits per heavy atom. The number of hydrogen-bond acceptors (Lipinski definition) is 4. The van der Waals surface area contributed by atoms with Crippen molar-refractivity contribution in [1.29, 1.82) is 0 Å². The van der Waals surface area contributed by atoms with Crippen LogP contribution in [0.1, 0.15) is 70.4 Å². The van der Waals surface area contributed by atoms with Crippen molar-refractivity contribution in [2.75, 3.05) is 13.2 Å². The molecule has 1 aromatic heterocycles. The molecule has 166 valence electrons. The van der Waals surface area contributed by atoms with E-state index in [0.717, 1.165) is 49.5 Å². The molecule has 2 N–H and O–H groups in total. The van der Waals surface area contributed by atoms with E-state index >= 15 is 0 Å². The fourth-order valence-electron chi connectivity index (χ4n) is 4.32. The van der Waals surface area contributed by atoms with Gasteiger partial charge in [-0.2, -0.15) is 0 Å². The Kier molecular flexibility index (Phi) is 10.1. The van der Waals surface area contributed by atoms with Gasteiger partial charge in [0.05, 0.1) is 6.10 Å². The average Bonchev–Trinajstić information content (AvgIpc) is 3.35. The number of halogens is 1. The zero-order valence-corrected chi connectivity index (χ0v) is 20.8. The minimum atomic E-state index is 0. The van der Waals surface area contributed by atoms with Gasteiger partial charge in [0.2, 0.25) is 0 Å². The molecule has 0 aromatic carbocycles. The van der Waals surface area contributed by atoms with Crippen LogP contribution in [0.3, 0.4) is 0 Å². The van der Waals surface area contributed by atoms with Crippen LogP contribution in [0.5, 0.6) is 0 Å². The highest BCUT2D eigenvalue weighted by atomic mass is 127. The molecule has 7 nitrogen and oxygen atoms in total. The standard InChI is InChI=1S/C21H38N6O.HI/c1-15(18-9-6-5-7-10-18)16(2)24-21(22-13-19-11-8-12-28-19)23-14-20-26-25-17(3)27(20)4;/h15-16,18-19H,5-14H2,1-4H3,(H2,22,23,24);1H. The van der Waals surface area contributed by atoms with Crippen LogP contribution < -0.4 is 10.6 Å². The second kappa shape index (κ2) is 12.1. The molecule has 0 amide bonds. The SMILES string of the molecule is Cc1nnc(CN=C(NCC2CCCO2)NC(C)C(C)C2CCCCC2)n1C.I. The Bertz CT molecular complexity index is 637. The Hall–Kier alpha value is -0.900. The summed E-state index contributed by atoms with van der Waals surface area (Å²) in [5.74, 6) is 4.09. The quantitative estimate of drug-likeness (QED) is 0.328. The maximum Gasteiger partial charge on any atom is 0.192 e. The molecule has 2 fully saturated rings. The molecular formula is C21H39IN6O. The van der Waals surface area contributed by atoms with Gasteiger partial charge in [-0.1, -0.05) is 39.0 Å². The Balaban J connectivity index is 0.00000300. The van der Waals surface area contributed by atoms with Crippen LogP contribution in [0.4, 0.5) is 0 Å². The summed E-state index contributed by atoms with van der Waals surface area (Å²) in [6.07, 6.45) is 9.45. The molecule has 3 unspecified atom stereocenters. The molecule has 1 saturated carbocycles. The van der Waals surface area contributed by atoms with Gasteiger partial charge in [0, 0.05) is 26.2 Å². The maximum atomic E-state index is 5.76. The highest BCUT2D eigenvalue weighted by molar-refractivity contribution is 14.0. The van der Waals surface area contributed by atoms with Gasteiger partial charge in [0.25, 0.3) is 0 Å². The van der Waals surface area contributed by atoms with Gasteiger partial charge in [-0.3, -0.25) is 0 Å². The van der Waals surface area contributed by atoms with Crippen LogP contribution in [0.25, 0.3) is 0 Å². The largest absolute Gasteiger partial charge is 0.376 e. The first-order valence-electron chi connectivity index (χ1n) is 11.1. The van der Waals surface area contributed by atoms with Crippen LogP contribution >= 0.6 is 24.0 Å². The zero-order chi connectivity index (χ0) is 19.9. The third-order valence-electron chi connectivity index (χ3n) is 6.63. The predicted octanol–water partition coefficient (Wildman–Crippen LogP) is 3.56. The number of aliphatic imine (C=N–C) groups is 1. The van der Waals surface area contributed by atoms with E-state index in [-0.39, 0.29) is 30.1 Å². The summed E-state index contributed by atoms with van der Waals surface area (Å²) in [6, 6.07) is 0.375. The molecule has 2 aliphatic rings. The van der Waals surface area contributed by atoms with Crippen LogP contribution in [0.15, 0.2) is 4.99 Å². The molecule has 2 heterocycles. The van der Waals surface area contributed by atoms with Crippen molar-refractivity contribution in [1.82, 2.24) is 25.4 Å². The summed E-state index contributed by atoms with van der Waals surface area (Å²) in [5.41, 5.74) is 0. The highest BCUT2D eigenvalue weighted by Gasteiger charge is 2.25. The normalized spacial score (nSPS) is 22.8. The number of aromatic nitrogens is 3. The third kappa shape index (κ3) is 7.08. The topological polar surface area (TPSA) is 76.4 Å². The van der Waals surface area contributed by atoms with Gasteiger partial charge in [-0.25, -0.2) is 4.99 Å². The first-order chi connectivity index (χ1) is 13.5. The van der Waals surface area contributed by atoms with E-state index < -0.39 is 0 Å². The molecule has 3 atom stereocenters. The molecule has 1 saturated heterocycles. The second-order valence-corrected chi connectivity index (χ2v) is 8.59. The first kappa shape index (κ1) is 24.4. The van der Waals surface area contributed by atoms with E-state index in [1.807, 2.05) is 18.5 Å². The van der Waals surface area contributed by atoms with Gasteiger partial charge in [-0.05, 0) is 38.5 Å². The number of nitrogens with zero attached hydrogens (tertiary/aromatic N) is 4. The number of hydrogen-bond donors (Lipinski definition) is 2. The summed E-state index contributed by atoms with van der Waals surface area (Å²) in [7, 11) is 1.99. The molecule has 1 aliphatic heterocycles. The van der Waals surface area contributed by atoms with E-state index in [1.54, 1.807) is 0 Å². The van der Waals surface area contributed by atoms with Crippen molar-refractivity contribution in [3.8, 4) is 0 Å². The van der Waals surface area contributed by atoms with Gasteiger partial charge in [0.1, 0.15) is 12.4 Å². The molecule has 1 aromatic rings. The summed E-state index contributed by atoms with van der Waals surface area (Å²) < 4.78 is 7.76. The van der Waals surface area contributed by atoms with Crippen molar-refractivity contribution < 1.29 is 4.74 Å². The molecule has 1 aliphatic carbocycles. The molecule has 0 spiro atoms. The fourth-order valence-corrected chi connectivity index (χ4v) is 4.32. The summed E-state index contributed by atoms with van der Waals surface area (Å²) in [5, 5.41) is 15.5. The maximum absolute atomic E-state index is 5.76. The minimum absolute atomic E-state index is 0. The van der Waals surface area contributed by atoms with Crippen LogP contribution in [-0.2, 0) is 18.3 Å².